The number of aryl methyl sites for hydroxylation is 1. The van der Waals surface area contributed by atoms with E-state index in [2.05, 4.69) is 4.98 Å². The number of aromatic nitrogens is 1. The molecular weight excluding hydrogens is 250 g/mol. The predicted molar refractivity (Wildman–Crippen MR) is 79.2 cm³/mol. The molecule has 2 aromatic rings. The first kappa shape index (κ1) is 14.2. The van der Waals surface area contributed by atoms with E-state index >= 15 is 0 Å². The molecule has 0 atom stereocenters. The van der Waals surface area contributed by atoms with E-state index in [1.54, 1.807) is 23.2 Å². The van der Waals surface area contributed by atoms with Crippen LogP contribution in [0.15, 0.2) is 48.7 Å². The second kappa shape index (κ2) is 6.82. The molecule has 2 rings (SSSR count). The molecule has 20 heavy (non-hydrogen) atoms. The Kier molecular flexibility index (Phi) is 4.85. The molecule has 0 aliphatic carbocycles. The zero-order valence-electron chi connectivity index (χ0n) is 11.6. The molecule has 2 N–H and O–H groups in total. The molecule has 0 spiro atoms. The van der Waals surface area contributed by atoms with Gasteiger partial charge in [0.1, 0.15) is 0 Å². The number of hydrogen-bond donors (Lipinski definition) is 1. The van der Waals surface area contributed by atoms with E-state index in [1.165, 1.54) is 0 Å². The van der Waals surface area contributed by atoms with Crippen LogP contribution in [0.4, 0.5) is 0 Å². The predicted octanol–water partition coefficient (Wildman–Crippen LogP) is 1.99. The molecular formula is C16H19N3O. The van der Waals surface area contributed by atoms with Gasteiger partial charge < -0.3 is 10.6 Å². The Balaban J connectivity index is 2.20. The van der Waals surface area contributed by atoms with Gasteiger partial charge in [-0.15, -0.1) is 0 Å². The van der Waals surface area contributed by atoms with Gasteiger partial charge in [0.2, 0.25) is 0 Å². The van der Waals surface area contributed by atoms with Crippen LogP contribution in [0.25, 0.3) is 0 Å². The summed E-state index contributed by atoms with van der Waals surface area (Å²) in [6, 6.07) is 13.5. The number of rotatable bonds is 5. The minimum Gasteiger partial charge on any atom is -0.333 e. The molecule has 1 aromatic heterocycles. The SMILES string of the molecule is Cc1ncccc1C(=O)N(CCN)Cc1ccccc1. The third-order valence-electron chi connectivity index (χ3n) is 3.14. The van der Waals surface area contributed by atoms with Crippen molar-refractivity contribution in [1.82, 2.24) is 9.88 Å². The Labute approximate surface area is 119 Å². The zero-order chi connectivity index (χ0) is 14.4. The molecule has 0 saturated heterocycles. The van der Waals surface area contributed by atoms with Gasteiger partial charge in [-0.05, 0) is 24.6 Å². The maximum absolute atomic E-state index is 12.6. The fourth-order valence-corrected chi connectivity index (χ4v) is 2.09. The first-order valence-electron chi connectivity index (χ1n) is 6.67. The molecule has 4 heteroatoms. The van der Waals surface area contributed by atoms with E-state index in [0.717, 1.165) is 11.3 Å². The molecule has 0 aliphatic heterocycles. The highest BCUT2D eigenvalue weighted by Gasteiger charge is 2.17. The van der Waals surface area contributed by atoms with E-state index in [9.17, 15) is 4.79 Å². The lowest BCUT2D eigenvalue weighted by molar-refractivity contribution is 0.0747. The average Bonchev–Trinajstić information content (AvgIpc) is 2.48. The molecule has 1 aromatic carbocycles. The highest BCUT2D eigenvalue weighted by atomic mass is 16.2. The van der Waals surface area contributed by atoms with Crippen LogP contribution in [0.5, 0.6) is 0 Å². The van der Waals surface area contributed by atoms with Crippen molar-refractivity contribution in [1.29, 1.82) is 0 Å². The van der Waals surface area contributed by atoms with Gasteiger partial charge in [0, 0.05) is 31.5 Å². The third kappa shape index (κ3) is 3.42. The van der Waals surface area contributed by atoms with Crippen molar-refractivity contribution < 1.29 is 4.79 Å². The van der Waals surface area contributed by atoms with Crippen LogP contribution in [0.3, 0.4) is 0 Å². The molecule has 4 nitrogen and oxygen atoms in total. The van der Waals surface area contributed by atoms with Crippen LogP contribution < -0.4 is 5.73 Å². The van der Waals surface area contributed by atoms with E-state index in [1.807, 2.05) is 37.3 Å². The van der Waals surface area contributed by atoms with Crippen LogP contribution in [-0.4, -0.2) is 28.9 Å². The van der Waals surface area contributed by atoms with Crippen molar-refractivity contribution in [3.05, 3.63) is 65.5 Å². The maximum Gasteiger partial charge on any atom is 0.256 e. The lowest BCUT2D eigenvalue weighted by atomic mass is 10.1. The Morgan fingerprint density at radius 3 is 2.60 bits per heavy atom. The fourth-order valence-electron chi connectivity index (χ4n) is 2.09. The number of nitrogens with zero attached hydrogens (tertiary/aromatic N) is 2. The van der Waals surface area contributed by atoms with E-state index in [-0.39, 0.29) is 5.91 Å². The maximum atomic E-state index is 12.6. The van der Waals surface area contributed by atoms with Crippen LogP contribution in [-0.2, 0) is 6.54 Å². The summed E-state index contributed by atoms with van der Waals surface area (Å²) in [4.78, 5) is 18.5. The number of benzene rings is 1. The topological polar surface area (TPSA) is 59.2 Å². The number of carbonyl (C=O) groups excluding carboxylic acids is 1. The van der Waals surface area contributed by atoms with Gasteiger partial charge in [-0.25, -0.2) is 0 Å². The van der Waals surface area contributed by atoms with Crippen LogP contribution in [0.2, 0.25) is 0 Å². The molecule has 0 fully saturated rings. The number of hydrogen-bond acceptors (Lipinski definition) is 3. The molecule has 1 heterocycles. The summed E-state index contributed by atoms with van der Waals surface area (Å²) in [5.74, 6) is -0.0232. The Bertz CT molecular complexity index is 569. The second-order valence-electron chi connectivity index (χ2n) is 4.64. The van der Waals surface area contributed by atoms with Gasteiger partial charge in [-0.2, -0.15) is 0 Å². The van der Waals surface area contributed by atoms with Gasteiger partial charge in [-0.3, -0.25) is 9.78 Å². The summed E-state index contributed by atoms with van der Waals surface area (Å²) >= 11 is 0. The van der Waals surface area contributed by atoms with E-state index in [0.29, 0.717) is 25.2 Å². The fraction of sp³-hybridized carbons (Fsp3) is 0.250. The average molecular weight is 269 g/mol. The van der Waals surface area contributed by atoms with Crippen molar-refractivity contribution in [2.75, 3.05) is 13.1 Å². The van der Waals surface area contributed by atoms with Crippen molar-refractivity contribution >= 4 is 5.91 Å². The van der Waals surface area contributed by atoms with E-state index in [4.69, 9.17) is 5.73 Å². The van der Waals surface area contributed by atoms with Crippen molar-refractivity contribution in [3.63, 3.8) is 0 Å². The van der Waals surface area contributed by atoms with Crippen LogP contribution >= 0.6 is 0 Å². The van der Waals surface area contributed by atoms with Gasteiger partial charge in [0.05, 0.1) is 5.56 Å². The Morgan fingerprint density at radius 2 is 1.95 bits per heavy atom. The highest BCUT2D eigenvalue weighted by Crippen LogP contribution is 2.11. The van der Waals surface area contributed by atoms with Gasteiger partial charge in [0.15, 0.2) is 0 Å². The summed E-state index contributed by atoms with van der Waals surface area (Å²) in [6.45, 7) is 3.38. The molecule has 0 aliphatic rings. The summed E-state index contributed by atoms with van der Waals surface area (Å²) in [6.07, 6.45) is 1.69. The van der Waals surface area contributed by atoms with E-state index < -0.39 is 0 Å². The number of nitrogens with two attached hydrogens (primary N) is 1. The first-order valence-corrected chi connectivity index (χ1v) is 6.67. The number of amides is 1. The molecule has 0 unspecified atom stereocenters. The lowest BCUT2D eigenvalue weighted by Crippen LogP contribution is -2.35. The lowest BCUT2D eigenvalue weighted by Gasteiger charge is -2.22. The minimum atomic E-state index is -0.0232. The molecule has 0 saturated carbocycles. The smallest absolute Gasteiger partial charge is 0.256 e. The largest absolute Gasteiger partial charge is 0.333 e. The molecule has 0 bridgehead atoms. The monoisotopic (exact) mass is 269 g/mol. The molecule has 0 radical (unpaired) electrons. The van der Waals surface area contributed by atoms with Crippen LogP contribution in [0.1, 0.15) is 21.6 Å². The first-order chi connectivity index (χ1) is 9.72. The second-order valence-corrected chi connectivity index (χ2v) is 4.64. The van der Waals surface area contributed by atoms with Gasteiger partial charge >= 0.3 is 0 Å². The summed E-state index contributed by atoms with van der Waals surface area (Å²) < 4.78 is 0. The Morgan fingerprint density at radius 1 is 1.20 bits per heavy atom. The molecule has 1 amide bonds. The van der Waals surface area contributed by atoms with Gasteiger partial charge in [0.25, 0.3) is 5.91 Å². The highest BCUT2D eigenvalue weighted by molar-refractivity contribution is 5.95. The van der Waals surface area contributed by atoms with Gasteiger partial charge in [-0.1, -0.05) is 30.3 Å². The number of pyridine rings is 1. The molecule has 104 valence electrons. The Hall–Kier alpha value is -2.20. The third-order valence-corrected chi connectivity index (χ3v) is 3.14. The van der Waals surface area contributed by atoms with Crippen molar-refractivity contribution in [2.24, 2.45) is 5.73 Å². The summed E-state index contributed by atoms with van der Waals surface area (Å²) in [5.41, 5.74) is 8.10. The quantitative estimate of drug-likeness (QED) is 0.903. The summed E-state index contributed by atoms with van der Waals surface area (Å²) in [7, 11) is 0. The minimum absolute atomic E-state index is 0.0232. The van der Waals surface area contributed by atoms with Crippen molar-refractivity contribution in [2.45, 2.75) is 13.5 Å². The zero-order valence-corrected chi connectivity index (χ0v) is 11.6. The van der Waals surface area contributed by atoms with Crippen molar-refractivity contribution in [3.8, 4) is 0 Å². The summed E-state index contributed by atoms with van der Waals surface area (Å²) in [5, 5.41) is 0. The standard InChI is InChI=1S/C16H19N3O/c1-13-15(8-5-10-18-13)16(20)19(11-9-17)12-14-6-3-2-4-7-14/h2-8,10H,9,11-12,17H2,1H3. The van der Waals surface area contributed by atoms with Crippen LogP contribution in [0, 0.1) is 6.92 Å². The number of carbonyl (C=O) groups is 1. The normalized spacial score (nSPS) is 10.3.